The Bertz CT molecular complexity index is 535. The number of hydrogen-bond donors (Lipinski definition) is 1. The molecule has 1 fully saturated rings. The van der Waals surface area contributed by atoms with Crippen LogP contribution >= 0.6 is 11.6 Å². The van der Waals surface area contributed by atoms with E-state index in [4.69, 9.17) is 21.1 Å². The van der Waals surface area contributed by atoms with Crippen LogP contribution in [0.2, 0.25) is 5.02 Å². The zero-order valence-corrected chi connectivity index (χ0v) is 13.8. The van der Waals surface area contributed by atoms with Gasteiger partial charge in [-0.25, -0.2) is 4.79 Å². The van der Waals surface area contributed by atoms with Crippen molar-refractivity contribution in [2.75, 3.05) is 32.8 Å². The maximum absolute atomic E-state index is 12.2. The van der Waals surface area contributed by atoms with Gasteiger partial charge in [0.1, 0.15) is 6.10 Å². The van der Waals surface area contributed by atoms with Crippen LogP contribution in [-0.4, -0.2) is 49.7 Å². The van der Waals surface area contributed by atoms with Gasteiger partial charge in [-0.2, -0.15) is 0 Å². The number of nitrogens with zero attached hydrogens (tertiary/aromatic N) is 1. The minimum atomic E-state index is -0.311. The number of nitrogens with one attached hydrogen (secondary N) is 1. The zero-order chi connectivity index (χ0) is 16.7. The quantitative estimate of drug-likeness (QED) is 0.836. The maximum atomic E-state index is 12.2. The molecule has 1 saturated heterocycles. The zero-order valence-electron chi connectivity index (χ0n) is 13.1. The fourth-order valence-electron chi connectivity index (χ4n) is 2.33. The molecule has 1 unspecified atom stereocenters. The molecule has 0 spiro atoms. The van der Waals surface area contributed by atoms with Crippen molar-refractivity contribution in [1.29, 1.82) is 0 Å². The second-order valence-electron chi connectivity index (χ2n) is 5.14. The van der Waals surface area contributed by atoms with E-state index in [1.807, 2.05) is 12.1 Å². The molecule has 1 aromatic carbocycles. The van der Waals surface area contributed by atoms with E-state index in [0.29, 0.717) is 31.3 Å². The van der Waals surface area contributed by atoms with Crippen molar-refractivity contribution in [2.24, 2.45) is 0 Å². The predicted octanol–water partition coefficient (Wildman–Crippen LogP) is 2.38. The highest BCUT2D eigenvalue weighted by Crippen LogP contribution is 2.23. The van der Waals surface area contributed by atoms with Gasteiger partial charge in [0.05, 0.1) is 26.2 Å². The molecule has 1 aromatic rings. The van der Waals surface area contributed by atoms with Crippen LogP contribution < -0.4 is 5.32 Å². The summed E-state index contributed by atoms with van der Waals surface area (Å²) in [6.45, 7) is 3.82. The van der Waals surface area contributed by atoms with E-state index in [1.165, 1.54) is 0 Å². The molecular weight excluding hydrogens is 320 g/mol. The van der Waals surface area contributed by atoms with Gasteiger partial charge in [0, 0.05) is 18.1 Å². The molecular formula is C16H21ClN2O4. The summed E-state index contributed by atoms with van der Waals surface area (Å²) in [5, 5.41) is 3.40. The first-order chi connectivity index (χ1) is 11.1. The predicted molar refractivity (Wildman–Crippen MR) is 86.4 cm³/mol. The van der Waals surface area contributed by atoms with Crippen LogP contribution in [0.25, 0.3) is 0 Å². The van der Waals surface area contributed by atoms with Crippen molar-refractivity contribution >= 4 is 23.6 Å². The van der Waals surface area contributed by atoms with Crippen LogP contribution in [0.4, 0.5) is 4.79 Å². The lowest BCUT2D eigenvalue weighted by Gasteiger charge is -2.33. The molecule has 2 amide bonds. The van der Waals surface area contributed by atoms with Crippen molar-refractivity contribution in [2.45, 2.75) is 19.4 Å². The number of carbonyl (C=O) groups is 2. The summed E-state index contributed by atoms with van der Waals surface area (Å²) in [5.74, 6) is -0.311. The first-order valence-electron chi connectivity index (χ1n) is 7.65. The molecule has 0 saturated carbocycles. The number of morpholine rings is 1. The third kappa shape index (κ3) is 5.41. The molecule has 6 nitrogen and oxygen atoms in total. The Morgan fingerprint density at radius 3 is 2.83 bits per heavy atom. The highest BCUT2D eigenvalue weighted by Gasteiger charge is 2.25. The summed E-state index contributed by atoms with van der Waals surface area (Å²) in [4.78, 5) is 25.1. The second kappa shape index (κ2) is 8.74. The number of esters is 1. The summed E-state index contributed by atoms with van der Waals surface area (Å²) in [6.07, 6.45) is 0.00156. The third-order valence-corrected chi connectivity index (χ3v) is 3.76. The largest absolute Gasteiger partial charge is 0.466 e. The molecule has 1 heterocycles. The molecule has 2 rings (SSSR count). The standard InChI is InChI=1S/C16H21ClN2O4/c1-2-22-15(20)7-8-18-16(21)19-9-10-23-14(11-19)12-3-5-13(17)6-4-12/h3-6,14H,2,7-11H2,1H3,(H,18,21). The van der Waals surface area contributed by atoms with E-state index < -0.39 is 0 Å². The topological polar surface area (TPSA) is 67.9 Å². The fraction of sp³-hybridized carbons (Fsp3) is 0.500. The molecule has 0 radical (unpaired) electrons. The van der Waals surface area contributed by atoms with Gasteiger partial charge in [0.15, 0.2) is 0 Å². The Morgan fingerprint density at radius 2 is 2.13 bits per heavy atom. The smallest absolute Gasteiger partial charge is 0.317 e. The lowest BCUT2D eigenvalue weighted by molar-refractivity contribution is -0.142. The molecule has 1 N–H and O–H groups in total. The Hall–Kier alpha value is -1.79. The number of ether oxygens (including phenoxy) is 2. The number of carbonyl (C=O) groups excluding carboxylic acids is 2. The van der Waals surface area contributed by atoms with Gasteiger partial charge in [-0.05, 0) is 24.6 Å². The molecule has 7 heteroatoms. The van der Waals surface area contributed by atoms with Gasteiger partial charge in [-0.3, -0.25) is 4.79 Å². The van der Waals surface area contributed by atoms with E-state index >= 15 is 0 Å². The first kappa shape index (κ1) is 17.6. The summed E-state index contributed by atoms with van der Waals surface area (Å²) in [7, 11) is 0. The third-order valence-electron chi connectivity index (χ3n) is 3.51. The molecule has 1 atom stereocenters. The molecule has 0 aromatic heterocycles. The normalized spacial score (nSPS) is 17.7. The van der Waals surface area contributed by atoms with Gasteiger partial charge in [0.2, 0.25) is 0 Å². The van der Waals surface area contributed by atoms with Gasteiger partial charge in [-0.1, -0.05) is 23.7 Å². The monoisotopic (exact) mass is 340 g/mol. The number of urea groups is 1. The molecule has 0 bridgehead atoms. The van der Waals surface area contributed by atoms with E-state index in [9.17, 15) is 9.59 Å². The van der Waals surface area contributed by atoms with Gasteiger partial charge < -0.3 is 19.7 Å². The molecule has 126 valence electrons. The van der Waals surface area contributed by atoms with E-state index in [2.05, 4.69) is 5.32 Å². The number of hydrogen-bond acceptors (Lipinski definition) is 4. The minimum absolute atomic E-state index is 0.170. The van der Waals surface area contributed by atoms with Gasteiger partial charge in [-0.15, -0.1) is 0 Å². The lowest BCUT2D eigenvalue weighted by Crippen LogP contribution is -2.47. The van der Waals surface area contributed by atoms with Crippen LogP contribution in [0.15, 0.2) is 24.3 Å². The summed E-state index contributed by atoms with van der Waals surface area (Å²) >= 11 is 5.88. The summed E-state index contributed by atoms with van der Waals surface area (Å²) in [5.41, 5.74) is 0.985. The van der Waals surface area contributed by atoms with Crippen LogP contribution in [0.1, 0.15) is 25.0 Å². The van der Waals surface area contributed by atoms with Crippen molar-refractivity contribution < 1.29 is 19.1 Å². The minimum Gasteiger partial charge on any atom is -0.466 e. The highest BCUT2D eigenvalue weighted by atomic mass is 35.5. The number of amides is 2. The van der Waals surface area contributed by atoms with Crippen LogP contribution in [0.5, 0.6) is 0 Å². The average molecular weight is 341 g/mol. The van der Waals surface area contributed by atoms with Crippen molar-refractivity contribution in [3.8, 4) is 0 Å². The van der Waals surface area contributed by atoms with Crippen LogP contribution in [0.3, 0.4) is 0 Å². The summed E-state index contributed by atoms with van der Waals surface area (Å²) < 4.78 is 10.5. The van der Waals surface area contributed by atoms with Crippen LogP contribution in [-0.2, 0) is 14.3 Å². The van der Waals surface area contributed by atoms with Gasteiger partial charge >= 0.3 is 12.0 Å². The maximum Gasteiger partial charge on any atom is 0.317 e. The number of halogens is 1. The molecule has 23 heavy (non-hydrogen) atoms. The van der Waals surface area contributed by atoms with E-state index in [-0.39, 0.29) is 31.1 Å². The molecule has 1 aliphatic heterocycles. The fourth-order valence-corrected chi connectivity index (χ4v) is 2.46. The Morgan fingerprint density at radius 1 is 1.39 bits per heavy atom. The molecule has 1 aliphatic rings. The Kier molecular flexibility index (Phi) is 6.67. The average Bonchev–Trinajstić information content (AvgIpc) is 2.56. The Labute approximate surface area is 140 Å². The summed E-state index contributed by atoms with van der Waals surface area (Å²) in [6, 6.07) is 7.21. The lowest BCUT2D eigenvalue weighted by atomic mass is 10.1. The molecule has 0 aliphatic carbocycles. The Balaban J connectivity index is 1.82. The van der Waals surface area contributed by atoms with E-state index in [0.717, 1.165) is 5.56 Å². The number of benzene rings is 1. The van der Waals surface area contributed by atoms with Gasteiger partial charge in [0.25, 0.3) is 0 Å². The number of rotatable bonds is 5. The van der Waals surface area contributed by atoms with Crippen molar-refractivity contribution in [1.82, 2.24) is 10.2 Å². The SMILES string of the molecule is CCOC(=O)CCNC(=O)N1CCOC(c2ccc(Cl)cc2)C1. The first-order valence-corrected chi connectivity index (χ1v) is 8.03. The highest BCUT2D eigenvalue weighted by molar-refractivity contribution is 6.30. The van der Waals surface area contributed by atoms with Crippen molar-refractivity contribution in [3.63, 3.8) is 0 Å². The second-order valence-corrected chi connectivity index (χ2v) is 5.58. The van der Waals surface area contributed by atoms with Crippen molar-refractivity contribution in [3.05, 3.63) is 34.9 Å². The van der Waals surface area contributed by atoms with Crippen LogP contribution in [0, 0.1) is 0 Å². The van der Waals surface area contributed by atoms with E-state index in [1.54, 1.807) is 24.0 Å².